The minimum atomic E-state index is -0.833. The van der Waals surface area contributed by atoms with Crippen LogP contribution in [0, 0.1) is 0 Å². The third-order valence-corrected chi connectivity index (χ3v) is 11.4. The van der Waals surface area contributed by atoms with E-state index in [0.29, 0.717) is 0 Å². The third kappa shape index (κ3) is 9.03. The van der Waals surface area contributed by atoms with E-state index in [1.165, 1.54) is 27.4 Å². The molecule has 0 radical (unpaired) electrons. The monoisotopic (exact) mass is 548 g/mol. The van der Waals surface area contributed by atoms with Gasteiger partial charge in [0.05, 0.1) is 0 Å². The molecule has 0 amide bonds. The summed E-state index contributed by atoms with van der Waals surface area (Å²) in [4.78, 5) is 9.00. The van der Waals surface area contributed by atoms with Crippen molar-refractivity contribution in [3.05, 3.63) is 121 Å². The molecule has 0 aliphatic heterocycles. The summed E-state index contributed by atoms with van der Waals surface area (Å²) >= 11 is 6.33. The van der Waals surface area contributed by atoms with Crippen molar-refractivity contribution in [1.29, 1.82) is 0 Å². The summed E-state index contributed by atoms with van der Waals surface area (Å²) in [6.07, 6.45) is 3.39. The van der Waals surface area contributed by atoms with Crippen molar-refractivity contribution in [2.45, 2.75) is 24.3 Å². The van der Waals surface area contributed by atoms with Gasteiger partial charge in [0.25, 0.3) is 5.97 Å². The fourth-order valence-electron chi connectivity index (χ4n) is 3.78. The van der Waals surface area contributed by atoms with Crippen LogP contribution in [0.25, 0.3) is 0 Å². The molecule has 0 saturated heterocycles. The summed E-state index contributed by atoms with van der Waals surface area (Å²) in [5.74, 6) is -0.833. The summed E-state index contributed by atoms with van der Waals surface area (Å²) < 4.78 is 0.218. The number of carboxylic acids is 1. The summed E-state index contributed by atoms with van der Waals surface area (Å²) in [6.45, 7) is 1.08. The van der Waals surface area contributed by atoms with Crippen LogP contribution in [0.5, 0.6) is 0 Å². The van der Waals surface area contributed by atoms with Crippen LogP contribution in [0.15, 0.2) is 121 Å². The predicted molar refractivity (Wildman–Crippen MR) is 149 cm³/mol. The Labute approximate surface area is 220 Å². The van der Waals surface area contributed by atoms with Crippen LogP contribution in [0.4, 0.5) is 0 Å². The zero-order valence-corrected chi connectivity index (χ0v) is 22.5. The van der Waals surface area contributed by atoms with Crippen LogP contribution in [-0.2, 0) is 20.8 Å². The predicted octanol–water partition coefficient (Wildman–Crippen LogP) is 6.00. The van der Waals surface area contributed by atoms with E-state index in [1.807, 2.05) is 0 Å². The van der Waals surface area contributed by atoms with Gasteiger partial charge < -0.3 is 5.11 Å². The molecule has 35 heavy (non-hydrogen) atoms. The van der Waals surface area contributed by atoms with Crippen LogP contribution in [0.1, 0.15) is 19.8 Å². The van der Waals surface area contributed by atoms with Gasteiger partial charge in [-0.25, -0.2) is 0 Å². The Hall–Kier alpha value is -2.27. The zero-order chi connectivity index (χ0) is 24.9. The van der Waals surface area contributed by atoms with Gasteiger partial charge in [0.15, 0.2) is 0 Å². The molecule has 0 spiro atoms. The summed E-state index contributed by atoms with van der Waals surface area (Å²) in [5, 5.41) is 13.1. The molecule has 0 heterocycles. The molecule has 1 N–H and O–H groups in total. The van der Waals surface area contributed by atoms with Gasteiger partial charge in [-0.2, -0.15) is 0 Å². The van der Waals surface area contributed by atoms with Crippen LogP contribution >= 0.6 is 15.8 Å². The van der Waals surface area contributed by atoms with E-state index in [1.54, 1.807) is 0 Å². The molecule has 4 rings (SSSR count). The van der Waals surface area contributed by atoms with Gasteiger partial charge in [-0.1, -0.05) is 0 Å². The molecule has 4 aromatic carbocycles. The van der Waals surface area contributed by atoms with E-state index in [-0.39, 0.29) is 12.5 Å². The first-order valence-corrected chi connectivity index (χ1v) is 15.1. The number of benzene rings is 4. The molecule has 0 bridgehead atoms. The summed E-state index contributed by atoms with van der Waals surface area (Å²) in [7, 11) is -0.889. The molecule has 0 saturated carbocycles. The molecule has 1 unspecified atom stereocenters. The number of rotatable bonds is 9. The van der Waals surface area contributed by atoms with Gasteiger partial charge in [0, 0.05) is 6.92 Å². The van der Waals surface area contributed by atoms with E-state index >= 15 is 0 Å². The van der Waals surface area contributed by atoms with Crippen molar-refractivity contribution < 1.29 is 25.9 Å². The number of aliphatic carboxylic acids is 1. The quantitative estimate of drug-likeness (QED) is 0.206. The minimum absolute atomic E-state index is 0.218. The Morgan fingerprint density at radius 3 is 1.34 bits per heavy atom. The van der Waals surface area contributed by atoms with E-state index in [9.17, 15) is 0 Å². The SMILES string of the molecule is CC(=O)O.[Cu][CH](CCCP(c1ccccc1)c1ccccc1)P(c1ccccc1)c1ccccc1. The molecular formula is C30H31CuO2P2. The molecular weight excluding hydrogens is 518 g/mol. The van der Waals surface area contributed by atoms with E-state index in [4.69, 9.17) is 25.9 Å². The summed E-state index contributed by atoms with van der Waals surface area (Å²) in [6, 6.07) is 43.7. The van der Waals surface area contributed by atoms with Gasteiger partial charge in [-0.3, -0.25) is 4.79 Å². The normalized spacial score (nSPS) is 11.6. The summed E-state index contributed by atoms with van der Waals surface area (Å²) in [5.41, 5.74) is 0. The second-order valence-electron chi connectivity index (χ2n) is 7.91. The molecule has 0 aromatic heterocycles. The average Bonchev–Trinajstić information content (AvgIpc) is 2.89. The maximum atomic E-state index is 9.00. The van der Waals surface area contributed by atoms with Gasteiger partial charge in [0.2, 0.25) is 0 Å². The van der Waals surface area contributed by atoms with Gasteiger partial charge >= 0.3 is 198 Å². The maximum absolute atomic E-state index is 9.00. The third-order valence-electron chi connectivity index (χ3n) is 5.27. The molecule has 0 aliphatic rings. The fourth-order valence-corrected chi connectivity index (χ4v) is 9.52. The second-order valence-corrected chi connectivity index (χ2v) is 13.7. The number of carbonyl (C=O) groups is 1. The fraction of sp³-hybridized carbons (Fsp3) is 0.167. The van der Waals surface area contributed by atoms with Crippen LogP contribution in [-0.4, -0.2) is 21.8 Å². The van der Waals surface area contributed by atoms with Gasteiger partial charge in [-0.05, 0) is 0 Å². The van der Waals surface area contributed by atoms with E-state index in [2.05, 4.69) is 121 Å². The number of hydrogen-bond donors (Lipinski definition) is 1. The molecule has 0 fully saturated rings. The van der Waals surface area contributed by atoms with Crippen LogP contribution in [0.3, 0.4) is 0 Å². The Balaban J connectivity index is 0.000000795. The molecule has 1 atom stereocenters. The van der Waals surface area contributed by atoms with Crippen molar-refractivity contribution >= 4 is 43.0 Å². The van der Waals surface area contributed by atoms with Crippen LogP contribution in [0.2, 0.25) is 0 Å². The topological polar surface area (TPSA) is 37.3 Å². The first-order valence-electron chi connectivity index (χ1n) is 11.6. The Morgan fingerprint density at radius 2 is 1.00 bits per heavy atom. The molecule has 184 valence electrons. The standard InChI is InChI=1S/C28H27P2.C2H4O2.Cu/c1-5-15-25(16-6-1)29(26-17-7-2-8-18-26)23-13-14-24-30(27-19-9-3-10-20-27)28-21-11-4-12-22-28;1-2(3)4;/h1-12,15-23H,13-14,24H2;1H3,(H,3,4);. The first kappa shape index (κ1) is 27.3. The zero-order valence-electron chi connectivity index (χ0n) is 19.8. The number of carboxylic acid groups (broad SMARTS) is 1. The van der Waals surface area contributed by atoms with E-state index in [0.717, 1.165) is 19.8 Å². The van der Waals surface area contributed by atoms with Gasteiger partial charge in [0.1, 0.15) is 0 Å². The number of hydrogen-bond acceptors (Lipinski definition) is 1. The van der Waals surface area contributed by atoms with Crippen molar-refractivity contribution in [2.75, 3.05) is 6.16 Å². The Bertz CT molecular complexity index is 1040. The second kappa shape index (κ2) is 15.0. The average molecular weight is 549 g/mol. The molecule has 5 heteroatoms. The van der Waals surface area contributed by atoms with Gasteiger partial charge in [-0.15, -0.1) is 0 Å². The van der Waals surface area contributed by atoms with Crippen molar-refractivity contribution in [3.8, 4) is 0 Å². The Kier molecular flexibility index (Phi) is 11.7. The van der Waals surface area contributed by atoms with Crippen molar-refractivity contribution in [2.24, 2.45) is 0 Å². The van der Waals surface area contributed by atoms with Crippen molar-refractivity contribution in [3.63, 3.8) is 0 Å². The van der Waals surface area contributed by atoms with Crippen molar-refractivity contribution in [1.82, 2.24) is 0 Å². The molecule has 4 aromatic rings. The molecule has 0 aliphatic carbocycles. The Morgan fingerprint density at radius 1 is 0.686 bits per heavy atom. The van der Waals surface area contributed by atoms with E-state index < -0.39 is 13.9 Å². The van der Waals surface area contributed by atoms with Crippen LogP contribution < -0.4 is 21.2 Å². The molecule has 2 nitrogen and oxygen atoms in total. The first-order chi connectivity index (χ1) is 17.1.